The molecule has 0 aromatic heterocycles. The summed E-state index contributed by atoms with van der Waals surface area (Å²) in [5, 5.41) is 0. The molecule has 0 N–H and O–H groups in total. The van der Waals surface area contributed by atoms with Crippen molar-refractivity contribution in [3.8, 4) is 0 Å². The first-order valence-electron chi connectivity index (χ1n) is 9.16. The summed E-state index contributed by atoms with van der Waals surface area (Å²) in [6.07, 6.45) is 5.61. The first kappa shape index (κ1) is 17.9. The zero-order valence-corrected chi connectivity index (χ0v) is 15.9. The van der Waals surface area contributed by atoms with Gasteiger partial charge in [-0.15, -0.1) is 0 Å². The highest BCUT2D eigenvalue weighted by atomic mass is 32.2. The Hall–Kier alpha value is -0.910. The SMILES string of the molecule is Cc1ccc(S(=O)(=O)N(C)[C@H]2CC[C@@H](N3CCC(C)CC3)C2)cc1. The Morgan fingerprint density at radius 3 is 2.29 bits per heavy atom. The van der Waals surface area contributed by atoms with E-state index in [1.807, 2.05) is 19.1 Å². The van der Waals surface area contributed by atoms with Crippen LogP contribution in [0.4, 0.5) is 0 Å². The van der Waals surface area contributed by atoms with Crippen molar-refractivity contribution in [1.29, 1.82) is 0 Å². The maximum atomic E-state index is 12.9. The minimum absolute atomic E-state index is 0.126. The maximum absolute atomic E-state index is 12.9. The number of piperidine rings is 1. The monoisotopic (exact) mass is 350 g/mol. The minimum Gasteiger partial charge on any atom is -0.300 e. The molecular formula is C19H30N2O2S. The molecule has 1 aromatic rings. The van der Waals surface area contributed by atoms with E-state index in [-0.39, 0.29) is 6.04 Å². The quantitative estimate of drug-likeness (QED) is 0.837. The lowest BCUT2D eigenvalue weighted by atomic mass is 9.97. The highest BCUT2D eigenvalue weighted by Gasteiger charge is 2.36. The smallest absolute Gasteiger partial charge is 0.243 e. The summed E-state index contributed by atoms with van der Waals surface area (Å²) in [6, 6.07) is 7.86. The third-order valence-corrected chi connectivity index (χ3v) is 7.85. The molecule has 134 valence electrons. The van der Waals surface area contributed by atoms with Crippen LogP contribution < -0.4 is 0 Å². The van der Waals surface area contributed by atoms with Gasteiger partial charge in [-0.3, -0.25) is 0 Å². The maximum Gasteiger partial charge on any atom is 0.243 e. The standard InChI is InChI=1S/C19H30N2O2S/c1-15-4-8-19(9-5-15)24(22,23)20(3)17-6-7-18(14-17)21-12-10-16(2)11-13-21/h4-5,8-9,16-18H,6-7,10-14H2,1-3H3/t17-,18+/m0/s1. The van der Waals surface area contributed by atoms with Gasteiger partial charge in [0, 0.05) is 19.1 Å². The number of rotatable bonds is 4. The fourth-order valence-electron chi connectivity index (χ4n) is 4.06. The van der Waals surface area contributed by atoms with Crippen LogP contribution in [0, 0.1) is 12.8 Å². The van der Waals surface area contributed by atoms with Crippen LogP contribution in [0.25, 0.3) is 0 Å². The van der Waals surface area contributed by atoms with Gasteiger partial charge < -0.3 is 4.90 Å². The Kier molecular flexibility index (Phi) is 5.33. The Labute approximate surface area is 146 Å². The molecule has 4 nitrogen and oxygen atoms in total. The van der Waals surface area contributed by atoms with E-state index in [1.165, 1.54) is 25.9 Å². The number of sulfonamides is 1. The van der Waals surface area contributed by atoms with Crippen LogP contribution in [-0.4, -0.2) is 49.8 Å². The summed E-state index contributed by atoms with van der Waals surface area (Å²) in [4.78, 5) is 3.00. The summed E-state index contributed by atoms with van der Waals surface area (Å²) in [6.45, 7) is 6.65. The van der Waals surface area contributed by atoms with Gasteiger partial charge in [0.25, 0.3) is 0 Å². The van der Waals surface area contributed by atoms with Crippen LogP contribution in [-0.2, 0) is 10.0 Å². The topological polar surface area (TPSA) is 40.6 Å². The van der Waals surface area contributed by atoms with Crippen LogP contribution in [0.1, 0.15) is 44.6 Å². The molecule has 1 saturated heterocycles. The van der Waals surface area contributed by atoms with E-state index in [1.54, 1.807) is 23.5 Å². The second-order valence-electron chi connectivity index (χ2n) is 7.67. The van der Waals surface area contributed by atoms with Crippen molar-refractivity contribution < 1.29 is 8.42 Å². The zero-order chi connectivity index (χ0) is 17.3. The van der Waals surface area contributed by atoms with Gasteiger partial charge in [0.2, 0.25) is 10.0 Å². The summed E-state index contributed by atoms with van der Waals surface area (Å²) in [5.41, 5.74) is 1.08. The largest absolute Gasteiger partial charge is 0.300 e. The van der Waals surface area contributed by atoms with Crippen molar-refractivity contribution >= 4 is 10.0 Å². The van der Waals surface area contributed by atoms with Crippen LogP contribution in [0.2, 0.25) is 0 Å². The lowest BCUT2D eigenvalue weighted by Crippen LogP contribution is -2.41. The van der Waals surface area contributed by atoms with Crippen molar-refractivity contribution in [1.82, 2.24) is 9.21 Å². The zero-order valence-electron chi connectivity index (χ0n) is 15.1. The van der Waals surface area contributed by atoms with E-state index in [2.05, 4.69) is 11.8 Å². The van der Waals surface area contributed by atoms with Crippen molar-refractivity contribution in [3.63, 3.8) is 0 Å². The van der Waals surface area contributed by atoms with Crippen LogP contribution in [0.15, 0.2) is 29.2 Å². The number of likely N-dealkylation sites (tertiary alicyclic amines) is 1. The number of hydrogen-bond acceptors (Lipinski definition) is 3. The molecule has 2 atom stereocenters. The molecule has 1 saturated carbocycles. The third-order valence-electron chi connectivity index (χ3n) is 5.92. The first-order valence-corrected chi connectivity index (χ1v) is 10.6. The van der Waals surface area contributed by atoms with E-state index in [9.17, 15) is 8.42 Å². The lowest BCUT2D eigenvalue weighted by Gasteiger charge is -2.35. The summed E-state index contributed by atoms with van der Waals surface area (Å²) >= 11 is 0. The van der Waals surface area contributed by atoms with E-state index in [0.29, 0.717) is 10.9 Å². The molecule has 0 spiro atoms. The third kappa shape index (κ3) is 3.68. The molecule has 0 radical (unpaired) electrons. The Bertz CT molecular complexity index is 648. The normalized spacial score (nSPS) is 27.0. The minimum atomic E-state index is -3.39. The molecule has 5 heteroatoms. The summed E-state index contributed by atoms with van der Waals surface area (Å²) < 4.78 is 27.4. The van der Waals surface area contributed by atoms with Crippen molar-refractivity contribution in [3.05, 3.63) is 29.8 Å². The van der Waals surface area contributed by atoms with Crippen molar-refractivity contribution in [2.24, 2.45) is 5.92 Å². The van der Waals surface area contributed by atoms with Gasteiger partial charge in [-0.1, -0.05) is 24.6 Å². The average Bonchev–Trinajstić information content (AvgIpc) is 3.05. The molecule has 1 aliphatic heterocycles. The fourth-order valence-corrected chi connectivity index (χ4v) is 5.46. The fraction of sp³-hybridized carbons (Fsp3) is 0.684. The van der Waals surface area contributed by atoms with Gasteiger partial charge in [0.05, 0.1) is 4.90 Å². The average molecular weight is 351 g/mol. The molecule has 0 amide bonds. The predicted molar refractivity (Wildman–Crippen MR) is 97.5 cm³/mol. The lowest BCUT2D eigenvalue weighted by molar-refractivity contribution is 0.136. The van der Waals surface area contributed by atoms with Gasteiger partial charge in [-0.25, -0.2) is 8.42 Å². The molecule has 1 heterocycles. The molecular weight excluding hydrogens is 320 g/mol. The van der Waals surface area contributed by atoms with Gasteiger partial charge in [0.15, 0.2) is 0 Å². The molecule has 3 rings (SSSR count). The van der Waals surface area contributed by atoms with Gasteiger partial charge in [-0.2, -0.15) is 4.31 Å². The Morgan fingerprint density at radius 1 is 1.04 bits per heavy atom. The molecule has 1 aliphatic carbocycles. The molecule has 2 aliphatic rings. The summed E-state index contributed by atoms with van der Waals surface area (Å²) in [5.74, 6) is 0.836. The number of benzene rings is 1. The molecule has 1 aromatic carbocycles. The van der Waals surface area contributed by atoms with Gasteiger partial charge >= 0.3 is 0 Å². The number of aryl methyl sites for hydroxylation is 1. The van der Waals surface area contributed by atoms with Crippen LogP contribution >= 0.6 is 0 Å². The van der Waals surface area contributed by atoms with E-state index in [0.717, 1.165) is 30.7 Å². The molecule has 0 bridgehead atoms. The van der Waals surface area contributed by atoms with E-state index in [4.69, 9.17) is 0 Å². The van der Waals surface area contributed by atoms with Crippen molar-refractivity contribution in [2.75, 3.05) is 20.1 Å². The highest BCUT2D eigenvalue weighted by molar-refractivity contribution is 7.89. The number of hydrogen-bond donors (Lipinski definition) is 0. The predicted octanol–water partition coefficient (Wildman–Crippen LogP) is 3.27. The second kappa shape index (κ2) is 7.14. The van der Waals surface area contributed by atoms with Gasteiger partial charge in [0.1, 0.15) is 0 Å². The highest BCUT2D eigenvalue weighted by Crippen LogP contribution is 2.32. The molecule has 2 fully saturated rings. The Morgan fingerprint density at radius 2 is 1.67 bits per heavy atom. The molecule has 24 heavy (non-hydrogen) atoms. The van der Waals surface area contributed by atoms with Crippen LogP contribution in [0.3, 0.4) is 0 Å². The van der Waals surface area contributed by atoms with Crippen LogP contribution in [0.5, 0.6) is 0 Å². The van der Waals surface area contributed by atoms with Gasteiger partial charge in [-0.05, 0) is 70.2 Å². The molecule has 0 unspecified atom stereocenters. The van der Waals surface area contributed by atoms with E-state index < -0.39 is 10.0 Å². The number of nitrogens with zero attached hydrogens (tertiary/aromatic N) is 2. The first-order chi connectivity index (χ1) is 11.4. The summed E-state index contributed by atoms with van der Waals surface area (Å²) in [7, 11) is -1.64. The Balaban J connectivity index is 1.65. The second-order valence-corrected chi connectivity index (χ2v) is 9.67. The van der Waals surface area contributed by atoms with E-state index >= 15 is 0 Å². The van der Waals surface area contributed by atoms with Crippen molar-refractivity contribution in [2.45, 2.75) is 62.9 Å².